The lowest BCUT2D eigenvalue weighted by molar-refractivity contribution is 0.0117. The Kier molecular flexibility index (Phi) is 4.96. The standard InChI is InChI=1S/C13H17ClN2O2/c14-12-5-6-15-9-11(12)13(17)16-7-4-10-3-1-2-8-18-10/h5-6,9-10H,1-4,7-8H2,(H,16,17). The Morgan fingerprint density at radius 1 is 1.56 bits per heavy atom. The van der Waals surface area contributed by atoms with Gasteiger partial charge in [0, 0.05) is 25.5 Å². The van der Waals surface area contributed by atoms with Crippen molar-refractivity contribution in [2.75, 3.05) is 13.2 Å². The normalized spacial score (nSPS) is 19.5. The van der Waals surface area contributed by atoms with Gasteiger partial charge in [-0.2, -0.15) is 0 Å². The molecule has 2 rings (SSSR count). The predicted molar refractivity (Wildman–Crippen MR) is 69.8 cm³/mol. The van der Waals surface area contributed by atoms with E-state index in [0.717, 1.165) is 25.9 Å². The van der Waals surface area contributed by atoms with Gasteiger partial charge in [0.25, 0.3) is 5.91 Å². The van der Waals surface area contributed by atoms with Crippen LogP contribution in [0.2, 0.25) is 5.02 Å². The van der Waals surface area contributed by atoms with E-state index in [0.29, 0.717) is 17.1 Å². The van der Waals surface area contributed by atoms with Gasteiger partial charge in [0.2, 0.25) is 0 Å². The quantitative estimate of drug-likeness (QED) is 0.912. The number of rotatable bonds is 4. The molecule has 4 nitrogen and oxygen atoms in total. The summed E-state index contributed by atoms with van der Waals surface area (Å²) >= 11 is 5.92. The van der Waals surface area contributed by atoms with Gasteiger partial charge in [-0.3, -0.25) is 9.78 Å². The summed E-state index contributed by atoms with van der Waals surface area (Å²) in [5, 5.41) is 3.27. The minimum absolute atomic E-state index is 0.177. The van der Waals surface area contributed by atoms with E-state index in [-0.39, 0.29) is 12.0 Å². The molecule has 1 amide bonds. The molecule has 1 atom stereocenters. The summed E-state index contributed by atoms with van der Waals surface area (Å²) in [4.78, 5) is 15.7. The molecular formula is C13H17ClN2O2. The van der Waals surface area contributed by atoms with Gasteiger partial charge in [-0.25, -0.2) is 0 Å². The lowest BCUT2D eigenvalue weighted by Crippen LogP contribution is -2.29. The Morgan fingerprint density at radius 2 is 2.44 bits per heavy atom. The van der Waals surface area contributed by atoms with Crippen LogP contribution in [0.4, 0.5) is 0 Å². The lowest BCUT2D eigenvalue weighted by atomic mass is 10.1. The number of nitrogens with zero attached hydrogens (tertiary/aromatic N) is 1. The Hall–Kier alpha value is -1.13. The van der Waals surface area contributed by atoms with Crippen molar-refractivity contribution >= 4 is 17.5 Å². The van der Waals surface area contributed by atoms with Crippen LogP contribution >= 0.6 is 11.6 Å². The first-order chi connectivity index (χ1) is 8.77. The maximum atomic E-state index is 11.8. The third-order valence-electron chi connectivity index (χ3n) is 3.04. The molecule has 0 aromatic carbocycles. The summed E-state index contributed by atoms with van der Waals surface area (Å²) in [6.45, 7) is 1.45. The summed E-state index contributed by atoms with van der Waals surface area (Å²) in [5.74, 6) is -0.177. The summed E-state index contributed by atoms with van der Waals surface area (Å²) in [6.07, 6.45) is 7.63. The summed E-state index contributed by atoms with van der Waals surface area (Å²) in [5.41, 5.74) is 0.420. The molecule has 1 saturated heterocycles. The molecule has 0 spiro atoms. The number of carbonyl (C=O) groups excluding carboxylic acids is 1. The maximum Gasteiger partial charge on any atom is 0.254 e. The molecule has 18 heavy (non-hydrogen) atoms. The van der Waals surface area contributed by atoms with Crippen LogP contribution in [0.25, 0.3) is 0 Å². The fraction of sp³-hybridized carbons (Fsp3) is 0.538. The fourth-order valence-electron chi connectivity index (χ4n) is 2.02. The zero-order chi connectivity index (χ0) is 12.8. The van der Waals surface area contributed by atoms with E-state index >= 15 is 0 Å². The van der Waals surface area contributed by atoms with Gasteiger partial charge in [0.15, 0.2) is 0 Å². The molecule has 1 aliphatic rings. The van der Waals surface area contributed by atoms with Gasteiger partial charge in [-0.05, 0) is 31.7 Å². The van der Waals surface area contributed by atoms with Crippen molar-refractivity contribution in [3.05, 3.63) is 29.0 Å². The number of hydrogen-bond acceptors (Lipinski definition) is 3. The molecule has 1 N–H and O–H groups in total. The number of halogens is 1. The van der Waals surface area contributed by atoms with E-state index in [1.165, 1.54) is 12.6 Å². The average Bonchev–Trinajstić information content (AvgIpc) is 2.40. The molecule has 0 radical (unpaired) electrons. The molecule has 0 saturated carbocycles. The number of nitrogens with one attached hydrogen (secondary N) is 1. The van der Waals surface area contributed by atoms with Crippen molar-refractivity contribution in [3.63, 3.8) is 0 Å². The number of hydrogen-bond donors (Lipinski definition) is 1. The topological polar surface area (TPSA) is 51.2 Å². The van der Waals surface area contributed by atoms with Gasteiger partial charge in [0.05, 0.1) is 16.7 Å². The van der Waals surface area contributed by atoms with Crippen LogP contribution in [0, 0.1) is 0 Å². The average molecular weight is 269 g/mol. The molecular weight excluding hydrogens is 252 g/mol. The molecule has 1 aromatic rings. The van der Waals surface area contributed by atoms with Crippen LogP contribution in [-0.4, -0.2) is 30.1 Å². The molecule has 98 valence electrons. The molecule has 0 aliphatic carbocycles. The molecule has 5 heteroatoms. The van der Waals surface area contributed by atoms with Crippen LogP contribution in [0.5, 0.6) is 0 Å². The second-order valence-corrected chi connectivity index (χ2v) is 4.80. The van der Waals surface area contributed by atoms with Crippen molar-refractivity contribution in [1.29, 1.82) is 0 Å². The Labute approximate surface area is 112 Å². The third kappa shape index (κ3) is 3.68. The maximum absolute atomic E-state index is 11.8. The largest absolute Gasteiger partial charge is 0.378 e. The van der Waals surface area contributed by atoms with Crippen molar-refractivity contribution < 1.29 is 9.53 Å². The molecule has 1 aromatic heterocycles. The van der Waals surface area contributed by atoms with Crippen molar-refractivity contribution in [3.8, 4) is 0 Å². The zero-order valence-electron chi connectivity index (χ0n) is 10.2. The highest BCUT2D eigenvalue weighted by Crippen LogP contribution is 2.15. The predicted octanol–water partition coefficient (Wildman–Crippen LogP) is 2.42. The summed E-state index contributed by atoms with van der Waals surface area (Å²) in [7, 11) is 0. The van der Waals surface area contributed by atoms with Crippen molar-refractivity contribution in [1.82, 2.24) is 10.3 Å². The van der Waals surface area contributed by atoms with Crippen LogP contribution in [0.3, 0.4) is 0 Å². The first-order valence-electron chi connectivity index (χ1n) is 6.26. The van der Waals surface area contributed by atoms with E-state index in [9.17, 15) is 4.79 Å². The van der Waals surface area contributed by atoms with Crippen LogP contribution in [0.1, 0.15) is 36.0 Å². The Morgan fingerprint density at radius 3 is 3.17 bits per heavy atom. The van der Waals surface area contributed by atoms with Gasteiger partial charge in [0.1, 0.15) is 0 Å². The smallest absolute Gasteiger partial charge is 0.254 e. The van der Waals surface area contributed by atoms with Crippen LogP contribution in [-0.2, 0) is 4.74 Å². The minimum atomic E-state index is -0.177. The molecule has 1 aliphatic heterocycles. The first kappa shape index (κ1) is 13.3. The van der Waals surface area contributed by atoms with E-state index < -0.39 is 0 Å². The number of ether oxygens (including phenoxy) is 1. The van der Waals surface area contributed by atoms with E-state index in [4.69, 9.17) is 16.3 Å². The number of carbonyl (C=O) groups is 1. The highest BCUT2D eigenvalue weighted by Gasteiger charge is 2.14. The van der Waals surface area contributed by atoms with Gasteiger partial charge >= 0.3 is 0 Å². The zero-order valence-corrected chi connectivity index (χ0v) is 10.9. The van der Waals surface area contributed by atoms with E-state index in [1.807, 2.05) is 0 Å². The second kappa shape index (κ2) is 6.71. The molecule has 2 heterocycles. The lowest BCUT2D eigenvalue weighted by Gasteiger charge is -2.22. The SMILES string of the molecule is O=C(NCCC1CCCCO1)c1cnccc1Cl. The second-order valence-electron chi connectivity index (χ2n) is 4.39. The van der Waals surface area contributed by atoms with Gasteiger partial charge < -0.3 is 10.1 Å². The Bertz CT molecular complexity index is 406. The highest BCUT2D eigenvalue weighted by molar-refractivity contribution is 6.33. The number of pyridine rings is 1. The van der Waals surface area contributed by atoms with Crippen LogP contribution < -0.4 is 5.32 Å². The van der Waals surface area contributed by atoms with Crippen molar-refractivity contribution in [2.24, 2.45) is 0 Å². The molecule has 0 bridgehead atoms. The Balaban J connectivity index is 1.76. The van der Waals surface area contributed by atoms with Gasteiger partial charge in [-0.1, -0.05) is 11.6 Å². The number of aromatic nitrogens is 1. The fourth-order valence-corrected chi connectivity index (χ4v) is 2.21. The minimum Gasteiger partial charge on any atom is -0.378 e. The highest BCUT2D eigenvalue weighted by atomic mass is 35.5. The number of amides is 1. The van der Waals surface area contributed by atoms with E-state index in [2.05, 4.69) is 10.3 Å². The molecule has 1 unspecified atom stereocenters. The third-order valence-corrected chi connectivity index (χ3v) is 3.37. The first-order valence-corrected chi connectivity index (χ1v) is 6.64. The van der Waals surface area contributed by atoms with Gasteiger partial charge in [-0.15, -0.1) is 0 Å². The van der Waals surface area contributed by atoms with Crippen molar-refractivity contribution in [2.45, 2.75) is 31.8 Å². The monoisotopic (exact) mass is 268 g/mol. The van der Waals surface area contributed by atoms with E-state index in [1.54, 1.807) is 12.3 Å². The molecule has 1 fully saturated rings. The summed E-state index contributed by atoms with van der Waals surface area (Å²) in [6, 6.07) is 1.61. The summed E-state index contributed by atoms with van der Waals surface area (Å²) < 4.78 is 5.60. The van der Waals surface area contributed by atoms with Crippen LogP contribution in [0.15, 0.2) is 18.5 Å².